The van der Waals surface area contributed by atoms with Crippen LogP contribution < -0.4 is 4.74 Å². The Morgan fingerprint density at radius 1 is 1.09 bits per heavy atom. The van der Waals surface area contributed by atoms with Crippen molar-refractivity contribution in [1.82, 2.24) is 14.7 Å². The van der Waals surface area contributed by atoms with Crippen molar-refractivity contribution in [2.75, 3.05) is 19.6 Å². The van der Waals surface area contributed by atoms with Gasteiger partial charge in [0.1, 0.15) is 18.0 Å². The summed E-state index contributed by atoms with van der Waals surface area (Å²) in [7, 11) is 0. The van der Waals surface area contributed by atoms with Crippen molar-refractivity contribution < 1.29 is 27.9 Å². The number of halogens is 2. The van der Waals surface area contributed by atoms with Gasteiger partial charge >= 0.3 is 6.61 Å². The van der Waals surface area contributed by atoms with E-state index >= 15 is 0 Å². The number of hydrogen-bond acceptors (Lipinski definition) is 4. The quantitative estimate of drug-likeness (QED) is 0.669. The van der Waals surface area contributed by atoms with Gasteiger partial charge < -0.3 is 19.4 Å². The van der Waals surface area contributed by atoms with Crippen LogP contribution in [0.15, 0.2) is 54.6 Å². The van der Waals surface area contributed by atoms with Crippen LogP contribution in [-0.2, 0) is 16.0 Å². The third kappa shape index (κ3) is 4.81. The first kappa shape index (κ1) is 22.7. The highest BCUT2D eigenvalue weighted by Crippen LogP contribution is 2.27. The van der Waals surface area contributed by atoms with Gasteiger partial charge in [-0.3, -0.25) is 14.4 Å². The molecule has 0 spiro atoms. The average Bonchev–Trinajstić information content (AvgIpc) is 2.81. The minimum atomic E-state index is -2.95. The highest BCUT2D eigenvalue weighted by Gasteiger charge is 2.46. The van der Waals surface area contributed by atoms with Crippen LogP contribution in [0.25, 0.3) is 0 Å². The first-order chi connectivity index (χ1) is 15.8. The van der Waals surface area contributed by atoms with E-state index in [0.717, 1.165) is 5.56 Å². The highest BCUT2D eigenvalue weighted by molar-refractivity contribution is 5.97. The van der Waals surface area contributed by atoms with E-state index in [4.69, 9.17) is 0 Å². The van der Waals surface area contributed by atoms with Gasteiger partial charge in [-0.2, -0.15) is 8.78 Å². The Labute approximate surface area is 190 Å². The molecule has 2 fully saturated rings. The normalized spacial score (nSPS) is 20.8. The van der Waals surface area contributed by atoms with Crippen LogP contribution in [0.1, 0.15) is 29.3 Å². The molecule has 33 heavy (non-hydrogen) atoms. The molecule has 4 rings (SSSR count). The summed E-state index contributed by atoms with van der Waals surface area (Å²) in [4.78, 5) is 43.7. The fraction of sp³-hybridized carbons (Fsp3) is 0.375. The standard InChI is InChI=1S/C24H25F2N3O4/c1-16-22(31)27(13-11-17-5-3-2-4-6-17)15-20-28(14-12-21(30)29(16)20)23(32)18-7-9-19(10-8-18)33-24(25)26/h2-10,16,20,24H,11-15H2,1H3. The first-order valence-electron chi connectivity index (χ1n) is 10.8. The molecule has 0 N–H and O–H groups in total. The lowest BCUT2D eigenvalue weighted by Gasteiger charge is -2.51. The summed E-state index contributed by atoms with van der Waals surface area (Å²) in [5.74, 6) is -0.668. The Morgan fingerprint density at radius 3 is 2.45 bits per heavy atom. The van der Waals surface area contributed by atoms with Gasteiger partial charge in [0, 0.05) is 25.1 Å². The van der Waals surface area contributed by atoms with Gasteiger partial charge in [-0.05, 0) is 43.2 Å². The topological polar surface area (TPSA) is 70.2 Å². The molecular weight excluding hydrogens is 432 g/mol. The number of piperazine rings is 1. The van der Waals surface area contributed by atoms with Gasteiger partial charge in [0.25, 0.3) is 5.91 Å². The summed E-state index contributed by atoms with van der Waals surface area (Å²) < 4.78 is 29.1. The van der Waals surface area contributed by atoms with Gasteiger partial charge in [-0.25, -0.2) is 0 Å². The number of carbonyl (C=O) groups is 3. The van der Waals surface area contributed by atoms with Gasteiger partial charge in [-0.1, -0.05) is 30.3 Å². The van der Waals surface area contributed by atoms with Crippen LogP contribution in [0.2, 0.25) is 0 Å². The molecule has 0 saturated carbocycles. The van der Waals surface area contributed by atoms with Gasteiger partial charge in [0.15, 0.2) is 0 Å². The molecule has 0 bridgehead atoms. The monoisotopic (exact) mass is 457 g/mol. The Balaban J connectivity index is 1.52. The zero-order valence-electron chi connectivity index (χ0n) is 18.2. The van der Waals surface area contributed by atoms with E-state index in [0.29, 0.717) is 18.5 Å². The lowest BCUT2D eigenvalue weighted by Crippen LogP contribution is -2.70. The van der Waals surface area contributed by atoms with Crippen molar-refractivity contribution in [3.63, 3.8) is 0 Å². The van der Waals surface area contributed by atoms with Crippen molar-refractivity contribution in [3.05, 3.63) is 65.7 Å². The first-order valence-corrected chi connectivity index (χ1v) is 10.8. The summed E-state index contributed by atoms with van der Waals surface area (Å²) in [6, 6.07) is 14.6. The Bertz CT molecular complexity index is 1020. The maximum absolute atomic E-state index is 13.3. The molecule has 9 heteroatoms. The van der Waals surface area contributed by atoms with E-state index in [1.807, 2.05) is 30.3 Å². The smallest absolute Gasteiger partial charge is 0.387 e. The Morgan fingerprint density at radius 2 is 1.79 bits per heavy atom. The molecule has 2 heterocycles. The highest BCUT2D eigenvalue weighted by atomic mass is 19.3. The van der Waals surface area contributed by atoms with Crippen LogP contribution in [0.5, 0.6) is 5.75 Å². The number of amides is 3. The van der Waals surface area contributed by atoms with E-state index in [1.165, 1.54) is 29.2 Å². The predicted octanol–water partition coefficient (Wildman–Crippen LogP) is 2.76. The number of hydrogen-bond donors (Lipinski definition) is 0. The fourth-order valence-electron chi connectivity index (χ4n) is 4.43. The zero-order valence-corrected chi connectivity index (χ0v) is 18.2. The van der Waals surface area contributed by atoms with Gasteiger partial charge in [0.05, 0.1) is 6.54 Å². The Kier molecular flexibility index (Phi) is 6.57. The molecule has 2 aromatic carbocycles. The van der Waals surface area contributed by atoms with Crippen molar-refractivity contribution in [3.8, 4) is 5.75 Å². The number of carbonyl (C=O) groups excluding carboxylic acids is 3. The number of fused-ring (bicyclic) bond motifs is 1. The molecule has 2 atom stereocenters. The maximum Gasteiger partial charge on any atom is 0.387 e. The summed E-state index contributed by atoms with van der Waals surface area (Å²) in [6.45, 7) is -0.335. The van der Waals surface area contributed by atoms with Crippen molar-refractivity contribution >= 4 is 17.7 Å². The minimum Gasteiger partial charge on any atom is -0.435 e. The largest absolute Gasteiger partial charge is 0.435 e. The van der Waals surface area contributed by atoms with Crippen molar-refractivity contribution in [2.45, 2.75) is 38.6 Å². The van der Waals surface area contributed by atoms with Crippen LogP contribution in [-0.4, -0.2) is 70.9 Å². The summed E-state index contributed by atoms with van der Waals surface area (Å²) >= 11 is 0. The number of nitrogens with zero attached hydrogens (tertiary/aromatic N) is 3. The van der Waals surface area contributed by atoms with Crippen LogP contribution in [0.3, 0.4) is 0 Å². The van der Waals surface area contributed by atoms with Crippen LogP contribution >= 0.6 is 0 Å². The van der Waals surface area contributed by atoms with Crippen molar-refractivity contribution in [1.29, 1.82) is 0 Å². The van der Waals surface area contributed by atoms with E-state index in [-0.39, 0.29) is 43.0 Å². The second kappa shape index (κ2) is 9.56. The maximum atomic E-state index is 13.3. The SMILES string of the molecule is CC1C(=O)N(CCc2ccccc2)CC2N(C(=O)c3ccc(OC(F)F)cc3)CCC(=O)N12. The third-order valence-corrected chi connectivity index (χ3v) is 6.11. The molecule has 2 aliphatic heterocycles. The van der Waals surface area contributed by atoms with Crippen LogP contribution in [0.4, 0.5) is 8.78 Å². The van der Waals surface area contributed by atoms with Crippen molar-refractivity contribution in [2.24, 2.45) is 0 Å². The van der Waals surface area contributed by atoms with Crippen LogP contribution in [0, 0.1) is 0 Å². The number of alkyl halides is 2. The third-order valence-electron chi connectivity index (χ3n) is 6.11. The number of benzene rings is 2. The molecule has 7 nitrogen and oxygen atoms in total. The van der Waals surface area contributed by atoms with E-state index in [1.54, 1.807) is 16.7 Å². The van der Waals surface area contributed by atoms with E-state index in [2.05, 4.69) is 4.74 Å². The van der Waals surface area contributed by atoms with Gasteiger partial charge in [-0.15, -0.1) is 0 Å². The molecule has 174 valence electrons. The summed E-state index contributed by atoms with van der Waals surface area (Å²) in [6.07, 6.45) is 0.204. The zero-order chi connectivity index (χ0) is 23.5. The Hall–Kier alpha value is -3.49. The summed E-state index contributed by atoms with van der Waals surface area (Å²) in [5, 5.41) is 0. The van der Waals surface area contributed by atoms with E-state index in [9.17, 15) is 23.2 Å². The molecule has 2 saturated heterocycles. The molecule has 2 aliphatic rings. The lowest BCUT2D eigenvalue weighted by molar-refractivity contribution is -0.165. The minimum absolute atomic E-state index is 0.0408. The second-order valence-electron chi connectivity index (χ2n) is 8.13. The molecule has 2 unspecified atom stereocenters. The summed E-state index contributed by atoms with van der Waals surface area (Å²) in [5.41, 5.74) is 1.39. The lowest BCUT2D eigenvalue weighted by atomic mass is 10.0. The molecular formula is C24H25F2N3O4. The number of rotatable bonds is 6. The molecule has 0 aromatic heterocycles. The second-order valence-corrected chi connectivity index (χ2v) is 8.13. The molecule has 0 radical (unpaired) electrons. The predicted molar refractivity (Wildman–Crippen MR) is 116 cm³/mol. The fourth-order valence-corrected chi connectivity index (χ4v) is 4.43. The average molecular weight is 457 g/mol. The molecule has 0 aliphatic carbocycles. The van der Waals surface area contributed by atoms with E-state index < -0.39 is 18.8 Å². The van der Waals surface area contributed by atoms with Gasteiger partial charge in [0.2, 0.25) is 11.8 Å². The molecule has 3 amide bonds. The number of ether oxygens (including phenoxy) is 1. The molecule has 2 aromatic rings.